The molecular weight excluding hydrogens is 865 g/mol. The molecule has 0 radical (unpaired) electrons. The highest BCUT2D eigenvalue weighted by molar-refractivity contribution is 5.26. The summed E-state index contributed by atoms with van der Waals surface area (Å²) < 4.78 is 59.1. The molecule has 9 nitrogen and oxygen atoms in total. The average Bonchev–Trinajstić information content (AvgIpc) is 3.73. The van der Waals surface area contributed by atoms with E-state index >= 15 is 0 Å². The Balaban J connectivity index is 0.00000141. The molecule has 4 saturated heterocycles. The molecule has 4 heterocycles. The lowest BCUT2D eigenvalue weighted by Crippen LogP contribution is -2.56. The third kappa shape index (κ3) is 17.1. The highest BCUT2D eigenvalue weighted by Gasteiger charge is 2.46. The quantitative estimate of drug-likeness (QED) is 0.158. The van der Waals surface area contributed by atoms with Crippen molar-refractivity contribution in [2.45, 2.75) is 253 Å². The number of hydrogen-bond acceptors (Lipinski definition) is 9. The first-order valence-electron chi connectivity index (χ1n) is 27.7. The van der Waals surface area contributed by atoms with Gasteiger partial charge in [-0.25, -0.2) is 0 Å². The summed E-state index contributed by atoms with van der Waals surface area (Å²) in [6.07, 6.45) is 27.9. The predicted molar refractivity (Wildman–Crippen MR) is 283 cm³/mol. The standard InChI is InChI=1S/C53H84O9.C3H6.2C2H6/c1-32-15-14-22-53(29-32)30-35(4)26-42(62-53)20-18-37(6)45(17-13-12-16-41-31-56-50-38(7)36(5)19-21-44(41)50)60-48-27-47(55-11)52(40(9)57-48)61-49-28-46(54-10)51(39(8)58-49)59-43-24-33(2)23-34(3)25-43;1-3-2;2*1-2/h12-14,16,18-19,22,32-35,38-40,42-52H,15,17,20-21,23-31H2,1-11H3;3H,1H2,2H3;2*1-2H3/b13-12+,37-18+,41-16+;;;/t32?,33?,34?,35?,38?,39?,40?,42?,43?,44?,45-,46?,47?,48-,49-,50?,51-,52-,53?;;;/m0.../s1. The van der Waals surface area contributed by atoms with Crippen LogP contribution in [-0.2, 0) is 42.6 Å². The molecule has 69 heavy (non-hydrogen) atoms. The largest absolute Gasteiger partial charge is 0.378 e. The molecule has 0 amide bonds. The van der Waals surface area contributed by atoms with Crippen LogP contribution in [0.5, 0.6) is 0 Å². The molecule has 4 aliphatic heterocycles. The minimum Gasteiger partial charge on any atom is -0.378 e. The Labute approximate surface area is 422 Å². The molecule has 18 atom stereocenters. The SMILES string of the molecule is C=CC.CC.CC.COC1C[C@H](O[C@H]2C(C)O[C@@H](O[C@@H](C/C=C/C=C3\COC4C(C)C(C)=CCC34)/C(C)=C/CC3CC(C)CC4(C=CCC(C)C4)O3)CC2OC)OC(C)[C@@H]1OC1CC(C)CC(C)C1. The van der Waals surface area contributed by atoms with Gasteiger partial charge in [-0.1, -0.05) is 116 Å². The van der Waals surface area contributed by atoms with Gasteiger partial charge in [0.15, 0.2) is 12.6 Å². The van der Waals surface area contributed by atoms with Crippen molar-refractivity contribution in [3.8, 4) is 0 Å². The molecule has 396 valence electrons. The van der Waals surface area contributed by atoms with Gasteiger partial charge in [-0.3, -0.25) is 0 Å². The van der Waals surface area contributed by atoms with Crippen LogP contribution in [0.4, 0.5) is 0 Å². The molecule has 1 spiro atoms. The Kier molecular flexibility index (Phi) is 25.7. The van der Waals surface area contributed by atoms with Gasteiger partial charge in [-0.05, 0) is 134 Å². The molecule has 9 heteroatoms. The van der Waals surface area contributed by atoms with E-state index in [1.54, 1.807) is 20.3 Å². The number of hydrogen-bond donors (Lipinski definition) is 0. The molecule has 0 aromatic heterocycles. The molecule has 1 saturated carbocycles. The summed E-state index contributed by atoms with van der Waals surface area (Å²) in [6.45, 7) is 34.3. The van der Waals surface area contributed by atoms with E-state index in [1.165, 1.54) is 23.1 Å². The van der Waals surface area contributed by atoms with Crippen LogP contribution in [0.3, 0.4) is 0 Å². The van der Waals surface area contributed by atoms with Crippen molar-refractivity contribution in [2.24, 2.45) is 35.5 Å². The second-order valence-corrected chi connectivity index (χ2v) is 21.6. The fraction of sp³-hybridized carbons (Fsp3) is 0.800. The molecular formula is C60H102O9. The molecule has 0 aromatic rings. The fourth-order valence-corrected chi connectivity index (χ4v) is 12.3. The van der Waals surface area contributed by atoms with Gasteiger partial charge in [0, 0.05) is 38.9 Å². The lowest BCUT2D eigenvalue weighted by molar-refractivity contribution is -0.322. The molecule has 5 fully saturated rings. The zero-order valence-corrected chi connectivity index (χ0v) is 46.6. The van der Waals surface area contributed by atoms with Crippen LogP contribution < -0.4 is 0 Å². The van der Waals surface area contributed by atoms with Crippen molar-refractivity contribution in [3.05, 3.63) is 71.9 Å². The molecule has 0 N–H and O–H groups in total. The van der Waals surface area contributed by atoms with Crippen LogP contribution in [0, 0.1) is 35.5 Å². The Bertz CT molecular complexity index is 1640. The smallest absolute Gasteiger partial charge is 0.161 e. The van der Waals surface area contributed by atoms with Crippen LogP contribution in [0.15, 0.2) is 71.9 Å². The van der Waals surface area contributed by atoms with Crippen molar-refractivity contribution >= 4 is 0 Å². The van der Waals surface area contributed by atoms with E-state index in [4.69, 9.17) is 42.6 Å². The van der Waals surface area contributed by atoms with E-state index in [0.717, 1.165) is 57.8 Å². The first-order valence-corrected chi connectivity index (χ1v) is 27.7. The Morgan fingerprint density at radius 2 is 1.41 bits per heavy atom. The summed E-state index contributed by atoms with van der Waals surface area (Å²) in [5, 5.41) is 0. The number of methoxy groups -OCH3 is 2. The van der Waals surface area contributed by atoms with Crippen molar-refractivity contribution < 1.29 is 42.6 Å². The third-order valence-electron chi connectivity index (χ3n) is 15.6. The lowest BCUT2D eigenvalue weighted by Gasteiger charge is -2.46. The van der Waals surface area contributed by atoms with Gasteiger partial charge >= 0.3 is 0 Å². The second kappa shape index (κ2) is 29.7. The van der Waals surface area contributed by atoms with Crippen LogP contribution in [0.25, 0.3) is 0 Å². The van der Waals surface area contributed by atoms with E-state index in [0.29, 0.717) is 55.0 Å². The maximum Gasteiger partial charge on any atom is 0.161 e. The van der Waals surface area contributed by atoms with Gasteiger partial charge in [-0.15, -0.1) is 6.58 Å². The Hall–Kier alpha value is -1.92. The summed E-state index contributed by atoms with van der Waals surface area (Å²) in [4.78, 5) is 0. The molecule has 0 bridgehead atoms. The molecule has 7 aliphatic rings. The number of rotatable bonds is 14. The first-order chi connectivity index (χ1) is 33.1. The maximum absolute atomic E-state index is 6.97. The predicted octanol–water partition coefficient (Wildman–Crippen LogP) is 14.3. The van der Waals surface area contributed by atoms with Crippen molar-refractivity contribution in [1.82, 2.24) is 0 Å². The number of allylic oxidation sites excluding steroid dienone is 5. The summed E-state index contributed by atoms with van der Waals surface area (Å²) >= 11 is 0. The Morgan fingerprint density at radius 3 is 2.04 bits per heavy atom. The first kappa shape index (κ1) is 59.6. The van der Waals surface area contributed by atoms with E-state index in [1.807, 2.05) is 34.6 Å². The normalized spacial score (nSPS) is 41.2. The minimum absolute atomic E-state index is 0.127. The van der Waals surface area contributed by atoms with E-state index < -0.39 is 12.6 Å². The summed E-state index contributed by atoms with van der Waals surface area (Å²) in [7, 11) is 3.53. The van der Waals surface area contributed by atoms with Crippen LogP contribution in [0.1, 0.15) is 174 Å². The van der Waals surface area contributed by atoms with Crippen LogP contribution >= 0.6 is 0 Å². The number of fused-ring (bicyclic) bond motifs is 1. The highest BCUT2D eigenvalue weighted by Crippen LogP contribution is 2.43. The highest BCUT2D eigenvalue weighted by atomic mass is 16.7. The average molecular weight is 967 g/mol. The van der Waals surface area contributed by atoms with Gasteiger partial charge in [-0.2, -0.15) is 0 Å². The van der Waals surface area contributed by atoms with Gasteiger partial charge < -0.3 is 42.6 Å². The van der Waals surface area contributed by atoms with Crippen molar-refractivity contribution in [3.63, 3.8) is 0 Å². The molecule has 0 aromatic carbocycles. The molecule has 7 rings (SSSR count). The minimum atomic E-state index is -0.462. The van der Waals surface area contributed by atoms with Gasteiger partial charge in [0.05, 0.1) is 61.0 Å². The van der Waals surface area contributed by atoms with E-state index in [9.17, 15) is 0 Å². The van der Waals surface area contributed by atoms with Crippen molar-refractivity contribution in [2.75, 3.05) is 20.8 Å². The van der Waals surface area contributed by atoms with Gasteiger partial charge in [0.25, 0.3) is 0 Å². The molecule has 13 unspecified atom stereocenters. The van der Waals surface area contributed by atoms with E-state index in [-0.39, 0.29) is 66.6 Å². The topological polar surface area (TPSA) is 83.1 Å². The Morgan fingerprint density at radius 1 is 0.797 bits per heavy atom. The molecule has 3 aliphatic carbocycles. The fourth-order valence-electron chi connectivity index (χ4n) is 12.3. The summed E-state index contributed by atoms with van der Waals surface area (Å²) in [5.41, 5.74) is 3.90. The monoisotopic (exact) mass is 967 g/mol. The summed E-state index contributed by atoms with van der Waals surface area (Å²) in [6, 6.07) is 0. The van der Waals surface area contributed by atoms with Crippen molar-refractivity contribution in [1.29, 1.82) is 0 Å². The second-order valence-electron chi connectivity index (χ2n) is 21.6. The summed E-state index contributed by atoms with van der Waals surface area (Å²) in [5.74, 6) is 3.53. The number of ether oxygens (including phenoxy) is 9. The third-order valence-corrected chi connectivity index (χ3v) is 15.6. The van der Waals surface area contributed by atoms with E-state index in [2.05, 4.69) is 111 Å². The zero-order valence-electron chi connectivity index (χ0n) is 46.6. The van der Waals surface area contributed by atoms with Gasteiger partial charge in [0.2, 0.25) is 0 Å². The lowest BCUT2D eigenvalue weighted by atomic mass is 9.75. The zero-order chi connectivity index (χ0) is 50.8. The van der Waals surface area contributed by atoms with Crippen LogP contribution in [-0.4, -0.2) is 100 Å². The maximum atomic E-state index is 6.97. The van der Waals surface area contributed by atoms with Crippen LogP contribution in [0.2, 0.25) is 0 Å². The van der Waals surface area contributed by atoms with Gasteiger partial charge in [0.1, 0.15) is 12.2 Å².